The molecule has 1 saturated carbocycles. The van der Waals surface area contributed by atoms with Crippen molar-refractivity contribution >= 4 is 130 Å². The van der Waals surface area contributed by atoms with E-state index in [1.165, 1.54) is 55.2 Å². The van der Waals surface area contributed by atoms with Gasteiger partial charge in [0.25, 0.3) is 5.91 Å². The number of fused-ring (bicyclic) bond motifs is 1. The van der Waals surface area contributed by atoms with E-state index in [9.17, 15) is 67.7 Å². The van der Waals surface area contributed by atoms with Crippen LogP contribution in [-0.2, 0) is 102 Å². The van der Waals surface area contributed by atoms with Gasteiger partial charge < -0.3 is 116 Å². The largest absolute Gasteiger partial charge is 0.481 e. The lowest BCUT2D eigenvalue weighted by Gasteiger charge is -2.33. The number of H-pyrrole nitrogens is 2. The Labute approximate surface area is 849 Å². The van der Waals surface area contributed by atoms with Crippen LogP contribution >= 0.6 is 11.8 Å². The fraction of sp³-hybridized carbons (Fsp3) is 0.461. The Morgan fingerprint density at radius 1 is 0.534 bits per heavy atom. The molecular formula is C102H133N23O20S. The average Bonchev–Trinajstić information content (AvgIpc) is 1.66. The molecule has 10 rings (SSSR count). The Hall–Kier alpha value is -15.4. The first-order valence-corrected chi connectivity index (χ1v) is 50.1. The highest BCUT2D eigenvalue weighted by Gasteiger charge is 2.44. The Balaban J connectivity index is 1.03. The molecule has 0 spiro atoms. The number of carbonyl (C=O) groups excluding carboxylic acids is 16. The Morgan fingerprint density at radius 2 is 1.05 bits per heavy atom. The lowest BCUT2D eigenvalue weighted by atomic mass is 9.84. The van der Waals surface area contributed by atoms with Crippen LogP contribution in [0.5, 0.6) is 0 Å². The van der Waals surface area contributed by atoms with Gasteiger partial charge in [-0.3, -0.25) is 86.9 Å². The molecule has 2 saturated heterocycles. The van der Waals surface area contributed by atoms with Gasteiger partial charge in [-0.15, -0.1) is 11.8 Å². The predicted molar refractivity (Wildman–Crippen MR) is 541 cm³/mol. The average molecular weight is 2030 g/mol. The minimum Gasteiger partial charge on any atom is -0.481 e. The third kappa shape index (κ3) is 34.2. The number of anilines is 1. The van der Waals surface area contributed by atoms with Crippen molar-refractivity contribution in [2.45, 2.75) is 230 Å². The summed E-state index contributed by atoms with van der Waals surface area (Å²) in [7, 11) is 1.24. The fourth-order valence-corrected chi connectivity index (χ4v) is 18.4. The Morgan fingerprint density at radius 3 is 1.62 bits per heavy atom. The van der Waals surface area contributed by atoms with Crippen LogP contribution in [0.2, 0.25) is 0 Å². The number of carboxylic acid groups (broad SMARTS) is 2. The zero-order valence-corrected chi connectivity index (χ0v) is 83.8. The SMILES string of the molecule is CC[C@H](C)[C@@H]1NC(=O)[C@@H](CCCNC(=N)N)NC(=O)[C@H](CC(=O)O)NC(=O)[C@H](Cc2cnc[nH]2)NC(=O)CN(C)C(=O)[C@H](Cc2ccc(-c3ccc(NC(=O)c4cc(C(=O)O)ccc4C)cc3)cc2)NC(=O)[C@H](Cc2ccc(-c3ccccc3)cc2)NC(=O)[C@H](CC2CCCCC2)NC(=O)CSC[C@@H](C(=O)NCC(N)=O)NC(=O)[C@H](CC(C)C)NC(=O)[C@H](Cc2cnc[nH]2)NC(=O)[C@H](C(C)C)NC(=O)[C@@H]2CCCN2C1=O. The number of aromatic carboxylic acids is 1. The number of guanidine groups is 1. The van der Waals surface area contributed by atoms with Crippen molar-refractivity contribution in [1.29, 1.82) is 5.41 Å². The maximum atomic E-state index is 15.9. The second-order valence-electron chi connectivity index (χ2n) is 37.9. The number of aryl methyl sites for hydroxylation is 1. The highest BCUT2D eigenvalue weighted by atomic mass is 32.2. The second-order valence-corrected chi connectivity index (χ2v) is 38.9. The molecule has 7 aromatic rings. The number of aromatic nitrogens is 4. The first-order chi connectivity index (χ1) is 69.7. The number of likely N-dealkylation sites (N-methyl/N-ethyl adjacent to an activating group) is 1. The predicted octanol–water partition coefficient (Wildman–Crippen LogP) is 2.58. The second kappa shape index (κ2) is 54.9. The van der Waals surface area contributed by atoms with E-state index in [4.69, 9.17) is 16.9 Å². The monoisotopic (exact) mass is 2030 g/mol. The number of nitrogens with zero attached hydrogens (tertiary/aromatic N) is 4. The van der Waals surface area contributed by atoms with E-state index < -0.39 is 228 Å². The van der Waals surface area contributed by atoms with Crippen LogP contribution in [0.4, 0.5) is 5.69 Å². The first-order valence-electron chi connectivity index (χ1n) is 48.9. The summed E-state index contributed by atoms with van der Waals surface area (Å²) >= 11 is 0.847. The molecular weight excluding hydrogens is 1900 g/mol. The van der Waals surface area contributed by atoms with Crippen molar-refractivity contribution in [2.24, 2.45) is 35.1 Å². The van der Waals surface area contributed by atoms with Gasteiger partial charge in [0.1, 0.15) is 72.5 Å². The molecule has 43 nitrogen and oxygen atoms in total. The van der Waals surface area contributed by atoms with Crippen LogP contribution in [0, 0.1) is 36.0 Å². The molecule has 13 atom stereocenters. The van der Waals surface area contributed by atoms with Crippen molar-refractivity contribution in [3.05, 3.63) is 186 Å². The van der Waals surface area contributed by atoms with Gasteiger partial charge in [-0.05, 0) is 132 Å². The van der Waals surface area contributed by atoms with Gasteiger partial charge in [0, 0.05) is 86.6 Å². The minimum absolute atomic E-state index is 0.0101. The van der Waals surface area contributed by atoms with Gasteiger partial charge in [-0.1, -0.05) is 177 Å². The summed E-state index contributed by atoms with van der Waals surface area (Å²) in [5.74, 6) is -20.4. The third-order valence-electron chi connectivity index (χ3n) is 25.7. The molecule has 3 aliphatic rings. The van der Waals surface area contributed by atoms with E-state index in [1.807, 2.05) is 42.5 Å². The number of thioether (sulfide) groups is 1. The minimum atomic E-state index is -2.03. The molecule has 4 heterocycles. The number of hydrogen-bond donors (Lipinski definition) is 21. The molecule has 2 aliphatic heterocycles. The van der Waals surface area contributed by atoms with Gasteiger partial charge >= 0.3 is 11.9 Å². The molecule has 782 valence electrons. The van der Waals surface area contributed by atoms with Gasteiger partial charge in [-0.25, -0.2) is 14.8 Å². The van der Waals surface area contributed by atoms with Crippen LogP contribution in [-0.4, -0.2) is 270 Å². The van der Waals surface area contributed by atoms with E-state index in [1.54, 1.807) is 109 Å². The van der Waals surface area contributed by atoms with Crippen molar-refractivity contribution in [3.63, 3.8) is 0 Å². The molecule has 146 heavy (non-hydrogen) atoms. The lowest BCUT2D eigenvalue weighted by Crippen LogP contribution is -2.62. The summed E-state index contributed by atoms with van der Waals surface area (Å²) in [6.07, 6.45) is 7.10. The van der Waals surface area contributed by atoms with Crippen LogP contribution in [0.3, 0.4) is 0 Å². The van der Waals surface area contributed by atoms with Crippen LogP contribution in [0.25, 0.3) is 22.3 Å². The molecule has 1 aliphatic carbocycles. The van der Waals surface area contributed by atoms with Crippen LogP contribution in [0.1, 0.15) is 174 Å². The first kappa shape index (κ1) is 113. The number of hydrogen-bond acceptors (Lipinski definition) is 22. The topological polar surface area (TPSA) is 656 Å². The molecule has 23 N–H and O–H groups in total. The summed E-state index contributed by atoms with van der Waals surface area (Å²) < 4.78 is 0. The van der Waals surface area contributed by atoms with E-state index >= 15 is 28.8 Å². The fourth-order valence-electron chi connectivity index (χ4n) is 17.5. The molecule has 0 unspecified atom stereocenters. The van der Waals surface area contributed by atoms with Crippen LogP contribution < -0.4 is 85.9 Å². The van der Waals surface area contributed by atoms with Crippen molar-refractivity contribution < 1.29 is 96.5 Å². The molecule has 5 aromatic carbocycles. The van der Waals surface area contributed by atoms with E-state index in [2.05, 4.69) is 94.4 Å². The number of primary amides is 1. The number of aliphatic carboxylic acids is 1. The molecule has 2 aromatic heterocycles. The molecule has 16 amide bonds. The summed E-state index contributed by atoms with van der Waals surface area (Å²) in [4.78, 5) is 277. The zero-order valence-electron chi connectivity index (χ0n) is 83.0. The van der Waals surface area contributed by atoms with Gasteiger partial charge in [0.05, 0.1) is 43.5 Å². The smallest absolute Gasteiger partial charge is 0.335 e. The van der Waals surface area contributed by atoms with E-state index in [0.29, 0.717) is 52.0 Å². The highest BCUT2D eigenvalue weighted by Crippen LogP contribution is 2.31. The number of carboxylic acids is 2. The number of amides is 16. The van der Waals surface area contributed by atoms with Crippen molar-refractivity contribution in [2.75, 3.05) is 50.0 Å². The third-order valence-corrected chi connectivity index (χ3v) is 26.7. The molecule has 0 bridgehead atoms. The van der Waals surface area contributed by atoms with Crippen LogP contribution in [0.15, 0.2) is 146 Å². The number of rotatable bonds is 29. The van der Waals surface area contributed by atoms with Crippen molar-refractivity contribution in [1.82, 2.24) is 98.9 Å². The van der Waals surface area contributed by atoms with E-state index in [-0.39, 0.29) is 112 Å². The quantitative estimate of drug-likeness (QED) is 0.0182. The number of aromatic amines is 2. The molecule has 0 radical (unpaired) electrons. The number of carbonyl (C=O) groups is 18. The molecule has 3 fully saturated rings. The number of nitrogens with one attached hydrogen (secondary N) is 17. The number of nitrogens with two attached hydrogens (primary N) is 2. The maximum Gasteiger partial charge on any atom is 0.335 e. The van der Waals surface area contributed by atoms with Gasteiger partial charge in [-0.2, -0.15) is 0 Å². The summed E-state index contributed by atoms with van der Waals surface area (Å²) in [5, 5.41) is 65.7. The number of benzene rings is 5. The Bertz CT molecular complexity index is 5750. The molecule has 44 heteroatoms. The maximum absolute atomic E-state index is 15.9. The summed E-state index contributed by atoms with van der Waals surface area (Å²) in [5.41, 5.74) is 16.6. The summed E-state index contributed by atoms with van der Waals surface area (Å²) in [6.45, 7) is 10.2. The standard InChI is InChI=1S/C102H133N23O20S/c1-9-58(6)87-100(143)125-39-17-23-81(125)97(140)122-86(57(4)5)98(141)119-77(46-70-49-107-55-111-70)95(138)116-73(40-56(2)3)91(134)121-80(89(132)109-50-82(103)126)52-146-53-84(128)114-74(41-60-18-12-10-13-19-60)92(135)117-75(42-61-25-30-64(31-26-61)63-20-14-11-15-21-63)93(136)120-79(43-62-27-32-65(33-28-62)66-34-36-68(37-35-66)112-88(131)71-44-67(101(144)145)29-24-59(71)7)99(142)124(8)51-83(127)113-76(45-69-48-106-54-110-69)94(137)118-78(47-85(129)130)96(139)115-72(90(133)123-87)22-16-38-108-102(104)105/h11,14-15,20-21,24-37,44,48-49,54-58,60,72-81,86-87H,9-10,12-13,16-19,22-23,38-43,45-47,50-53H2,1-8H3,(H2,103,126)(H,106,110)(H,107,111)(H,109,132)(H,112,131)(H,113,127)(H,114,128)(H,115,139)(H,116,138)(H,117,135)(H,118,137)(H,119,141)(H,120,136)(H,121,134)(H,122,140)(H,123,133)(H,129,130)(H,144,145)(H4,104,105,108)/t58-,72+,73-,74-,75-,76-,77-,78-,79-,80-,81-,86-,87-/m0/s1. The Kier molecular flexibility index (Phi) is 42.3. The zero-order chi connectivity index (χ0) is 106. The summed E-state index contributed by atoms with van der Waals surface area (Å²) in [6, 6.07) is 15.8. The van der Waals surface area contributed by atoms with Crippen molar-refractivity contribution in [3.8, 4) is 22.3 Å². The van der Waals surface area contributed by atoms with Gasteiger partial charge in [0.2, 0.25) is 88.6 Å². The normalized spacial score (nSPS) is 22.2. The van der Waals surface area contributed by atoms with E-state index in [0.717, 1.165) is 47.1 Å². The lowest BCUT2D eigenvalue weighted by molar-refractivity contribution is -0.144. The number of imidazole rings is 2. The highest BCUT2D eigenvalue weighted by molar-refractivity contribution is 8.00. The van der Waals surface area contributed by atoms with Gasteiger partial charge in [0.15, 0.2) is 5.96 Å².